The molecule has 1 aliphatic heterocycles. The van der Waals surface area contributed by atoms with Crippen LogP contribution in [0.1, 0.15) is 33.6 Å². The second-order valence-corrected chi connectivity index (χ2v) is 7.63. The Morgan fingerprint density at radius 2 is 1.96 bits per heavy atom. The number of amides is 1. The zero-order valence-corrected chi connectivity index (χ0v) is 15.9. The van der Waals surface area contributed by atoms with Crippen LogP contribution in [-0.2, 0) is 4.74 Å². The molecule has 140 valence electrons. The molecule has 26 heavy (non-hydrogen) atoms. The van der Waals surface area contributed by atoms with Gasteiger partial charge in [0.05, 0.1) is 12.6 Å². The molecule has 1 aromatic heterocycles. The van der Waals surface area contributed by atoms with Gasteiger partial charge in [0, 0.05) is 36.4 Å². The van der Waals surface area contributed by atoms with Gasteiger partial charge in [0.1, 0.15) is 11.4 Å². The standard InChI is InChI=1S/C20H27N3O3/c1-20(2,3)26-19(24)23-11-8-14(9-12-23)22-15-5-6-17-16(13-15)18(25-4)7-10-21-17/h5-7,10,13-14,22H,8-9,11-12H2,1-4H3. The quantitative estimate of drug-likeness (QED) is 0.898. The number of anilines is 1. The number of piperidine rings is 1. The van der Waals surface area contributed by atoms with Crippen molar-refractivity contribution in [1.82, 2.24) is 9.88 Å². The number of hydrogen-bond acceptors (Lipinski definition) is 5. The summed E-state index contributed by atoms with van der Waals surface area (Å²) in [6.45, 7) is 7.07. The van der Waals surface area contributed by atoms with Crippen LogP contribution in [0, 0.1) is 0 Å². The van der Waals surface area contributed by atoms with E-state index in [0.29, 0.717) is 19.1 Å². The van der Waals surface area contributed by atoms with E-state index in [1.165, 1.54) is 0 Å². The van der Waals surface area contributed by atoms with Gasteiger partial charge >= 0.3 is 6.09 Å². The summed E-state index contributed by atoms with van der Waals surface area (Å²) in [4.78, 5) is 18.3. The van der Waals surface area contributed by atoms with Gasteiger partial charge < -0.3 is 19.7 Å². The fraction of sp³-hybridized carbons (Fsp3) is 0.500. The molecule has 2 aromatic rings. The fourth-order valence-corrected chi connectivity index (χ4v) is 3.16. The zero-order valence-electron chi connectivity index (χ0n) is 15.9. The summed E-state index contributed by atoms with van der Waals surface area (Å²) in [5.41, 5.74) is 1.50. The van der Waals surface area contributed by atoms with Crippen molar-refractivity contribution < 1.29 is 14.3 Å². The summed E-state index contributed by atoms with van der Waals surface area (Å²) in [7, 11) is 1.67. The predicted molar refractivity (Wildman–Crippen MR) is 103 cm³/mol. The van der Waals surface area contributed by atoms with Crippen molar-refractivity contribution in [2.45, 2.75) is 45.3 Å². The van der Waals surface area contributed by atoms with Crippen LogP contribution in [0.25, 0.3) is 10.9 Å². The monoisotopic (exact) mass is 357 g/mol. The van der Waals surface area contributed by atoms with Crippen LogP contribution < -0.4 is 10.1 Å². The maximum atomic E-state index is 12.2. The van der Waals surface area contributed by atoms with E-state index in [9.17, 15) is 4.79 Å². The number of rotatable bonds is 3. The molecule has 1 fully saturated rings. The Hall–Kier alpha value is -2.50. The van der Waals surface area contributed by atoms with E-state index in [2.05, 4.69) is 16.4 Å². The number of pyridine rings is 1. The molecule has 0 aliphatic carbocycles. The Balaban J connectivity index is 1.61. The predicted octanol–water partition coefficient (Wildman–Crippen LogP) is 4.05. The number of aromatic nitrogens is 1. The molecular formula is C20H27N3O3. The van der Waals surface area contributed by atoms with Crippen molar-refractivity contribution in [2.75, 3.05) is 25.5 Å². The number of nitrogens with zero attached hydrogens (tertiary/aromatic N) is 2. The number of carbonyl (C=O) groups excluding carboxylic acids is 1. The Labute approximate surface area is 154 Å². The van der Waals surface area contributed by atoms with Crippen molar-refractivity contribution in [2.24, 2.45) is 0 Å². The highest BCUT2D eigenvalue weighted by molar-refractivity contribution is 5.87. The average molecular weight is 357 g/mol. The molecule has 1 aromatic carbocycles. The number of carbonyl (C=O) groups is 1. The first-order valence-electron chi connectivity index (χ1n) is 9.03. The number of likely N-dealkylation sites (tertiary alicyclic amines) is 1. The molecule has 1 N–H and O–H groups in total. The van der Waals surface area contributed by atoms with Crippen LogP contribution in [0.3, 0.4) is 0 Å². The number of benzene rings is 1. The third kappa shape index (κ3) is 4.36. The summed E-state index contributed by atoms with van der Waals surface area (Å²) in [5.74, 6) is 0.818. The van der Waals surface area contributed by atoms with Crippen molar-refractivity contribution in [3.8, 4) is 5.75 Å². The first-order valence-corrected chi connectivity index (χ1v) is 9.03. The summed E-state index contributed by atoms with van der Waals surface area (Å²) >= 11 is 0. The molecule has 1 amide bonds. The Bertz CT molecular complexity index is 777. The number of methoxy groups -OCH3 is 1. The fourth-order valence-electron chi connectivity index (χ4n) is 3.16. The molecule has 0 spiro atoms. The van der Waals surface area contributed by atoms with Gasteiger partial charge in [-0.25, -0.2) is 4.79 Å². The Morgan fingerprint density at radius 3 is 2.62 bits per heavy atom. The van der Waals surface area contributed by atoms with E-state index in [1.54, 1.807) is 18.2 Å². The number of ether oxygens (including phenoxy) is 2. The Kier molecular flexibility index (Phi) is 5.20. The van der Waals surface area contributed by atoms with E-state index >= 15 is 0 Å². The highest BCUT2D eigenvalue weighted by atomic mass is 16.6. The van der Waals surface area contributed by atoms with Crippen LogP contribution >= 0.6 is 0 Å². The molecule has 6 nitrogen and oxygen atoms in total. The first-order chi connectivity index (χ1) is 12.4. The molecule has 0 atom stereocenters. The Morgan fingerprint density at radius 1 is 1.23 bits per heavy atom. The van der Waals surface area contributed by atoms with Crippen LogP contribution in [0.2, 0.25) is 0 Å². The first kappa shape index (κ1) is 18.3. The minimum Gasteiger partial charge on any atom is -0.496 e. The van der Waals surface area contributed by atoms with Crippen molar-refractivity contribution >= 4 is 22.7 Å². The van der Waals surface area contributed by atoms with Crippen molar-refractivity contribution in [1.29, 1.82) is 0 Å². The lowest BCUT2D eigenvalue weighted by Crippen LogP contribution is -2.44. The summed E-state index contributed by atoms with van der Waals surface area (Å²) < 4.78 is 10.9. The molecular weight excluding hydrogens is 330 g/mol. The molecule has 3 rings (SSSR count). The molecule has 0 bridgehead atoms. The largest absolute Gasteiger partial charge is 0.496 e. The van der Waals surface area contributed by atoms with Gasteiger partial charge in [0.2, 0.25) is 0 Å². The normalized spacial score (nSPS) is 15.8. The average Bonchev–Trinajstić information content (AvgIpc) is 2.60. The maximum absolute atomic E-state index is 12.2. The molecule has 2 heterocycles. The van der Waals surface area contributed by atoms with Crippen LogP contribution in [0.15, 0.2) is 30.5 Å². The van der Waals surface area contributed by atoms with Crippen LogP contribution in [-0.4, -0.2) is 47.8 Å². The van der Waals surface area contributed by atoms with Gasteiger partial charge in [0.25, 0.3) is 0 Å². The van der Waals surface area contributed by atoms with Gasteiger partial charge in [0.15, 0.2) is 0 Å². The van der Waals surface area contributed by atoms with Crippen molar-refractivity contribution in [3.63, 3.8) is 0 Å². The second-order valence-electron chi connectivity index (χ2n) is 7.63. The van der Waals surface area contributed by atoms with Crippen LogP contribution in [0.4, 0.5) is 10.5 Å². The summed E-state index contributed by atoms with van der Waals surface area (Å²) in [6, 6.07) is 8.30. The van der Waals surface area contributed by atoms with E-state index in [-0.39, 0.29) is 6.09 Å². The lowest BCUT2D eigenvalue weighted by atomic mass is 10.0. The molecule has 0 unspecified atom stereocenters. The molecule has 0 saturated carbocycles. The second kappa shape index (κ2) is 7.40. The lowest BCUT2D eigenvalue weighted by molar-refractivity contribution is 0.0210. The number of fused-ring (bicyclic) bond motifs is 1. The topological polar surface area (TPSA) is 63.7 Å². The lowest BCUT2D eigenvalue weighted by Gasteiger charge is -2.34. The SMILES string of the molecule is COc1ccnc2ccc(NC3CCN(C(=O)OC(C)(C)C)CC3)cc12. The zero-order chi connectivity index (χ0) is 18.7. The molecule has 1 saturated heterocycles. The highest BCUT2D eigenvalue weighted by Gasteiger charge is 2.26. The van der Waals surface area contributed by atoms with E-state index in [0.717, 1.165) is 35.2 Å². The minimum absolute atomic E-state index is 0.225. The van der Waals surface area contributed by atoms with Crippen molar-refractivity contribution in [3.05, 3.63) is 30.5 Å². The third-order valence-corrected chi connectivity index (χ3v) is 4.44. The third-order valence-electron chi connectivity index (χ3n) is 4.44. The van der Waals surface area contributed by atoms with Crippen LogP contribution in [0.5, 0.6) is 5.75 Å². The van der Waals surface area contributed by atoms with Gasteiger partial charge in [-0.15, -0.1) is 0 Å². The van der Waals surface area contributed by atoms with E-state index < -0.39 is 5.60 Å². The summed E-state index contributed by atoms with van der Waals surface area (Å²) in [6.07, 6.45) is 3.31. The van der Waals surface area contributed by atoms with E-state index in [1.807, 2.05) is 39.0 Å². The molecule has 6 heteroatoms. The molecule has 1 aliphatic rings. The van der Waals surface area contributed by atoms with Gasteiger partial charge in [-0.05, 0) is 57.9 Å². The smallest absolute Gasteiger partial charge is 0.410 e. The summed E-state index contributed by atoms with van der Waals surface area (Å²) in [5, 5.41) is 4.56. The van der Waals surface area contributed by atoms with Gasteiger partial charge in [-0.3, -0.25) is 4.98 Å². The maximum Gasteiger partial charge on any atom is 0.410 e. The minimum atomic E-state index is -0.454. The number of nitrogens with one attached hydrogen (secondary N) is 1. The van der Waals surface area contributed by atoms with Gasteiger partial charge in [-0.2, -0.15) is 0 Å². The van der Waals surface area contributed by atoms with Gasteiger partial charge in [-0.1, -0.05) is 0 Å². The number of hydrogen-bond donors (Lipinski definition) is 1. The highest BCUT2D eigenvalue weighted by Crippen LogP contribution is 2.27. The van der Waals surface area contributed by atoms with E-state index in [4.69, 9.17) is 9.47 Å². The molecule has 0 radical (unpaired) electrons.